The third-order valence-corrected chi connectivity index (χ3v) is 1.45. The van der Waals surface area contributed by atoms with E-state index in [2.05, 4.69) is 6.58 Å². The molecule has 0 aliphatic rings. The van der Waals surface area contributed by atoms with Crippen LogP contribution in [0.2, 0.25) is 0 Å². The average molecular weight is 171 g/mol. The van der Waals surface area contributed by atoms with Crippen LogP contribution in [0.4, 0.5) is 4.79 Å². The second kappa shape index (κ2) is 5.63. The van der Waals surface area contributed by atoms with Gasteiger partial charge < -0.3 is 9.64 Å². The van der Waals surface area contributed by atoms with E-state index in [1.165, 1.54) is 0 Å². The number of hydrogen-bond donors (Lipinski definition) is 0. The zero-order valence-electron chi connectivity index (χ0n) is 8.09. The van der Waals surface area contributed by atoms with Gasteiger partial charge in [0, 0.05) is 13.6 Å². The Morgan fingerprint density at radius 3 is 2.58 bits per heavy atom. The zero-order chi connectivity index (χ0) is 9.56. The van der Waals surface area contributed by atoms with Gasteiger partial charge in [-0.1, -0.05) is 5.57 Å². The van der Waals surface area contributed by atoms with Crippen molar-refractivity contribution < 1.29 is 9.53 Å². The van der Waals surface area contributed by atoms with Gasteiger partial charge in [0.25, 0.3) is 0 Å². The Balaban J connectivity index is 3.63. The minimum Gasteiger partial charge on any atom is -0.450 e. The quantitative estimate of drug-likeness (QED) is 0.606. The molecular weight excluding hydrogens is 154 g/mol. The molecule has 70 valence electrons. The van der Waals surface area contributed by atoms with Crippen LogP contribution >= 0.6 is 0 Å². The summed E-state index contributed by atoms with van der Waals surface area (Å²) in [5.74, 6) is 0. The van der Waals surface area contributed by atoms with E-state index in [4.69, 9.17) is 4.74 Å². The first-order chi connectivity index (χ1) is 5.57. The highest BCUT2D eigenvalue weighted by Crippen LogP contribution is 1.98. The Kier molecular flexibility index (Phi) is 5.17. The molecule has 0 atom stereocenters. The van der Waals surface area contributed by atoms with E-state index in [0.717, 1.165) is 12.0 Å². The van der Waals surface area contributed by atoms with E-state index in [1.54, 1.807) is 18.9 Å². The van der Waals surface area contributed by atoms with Crippen molar-refractivity contribution in [1.29, 1.82) is 0 Å². The molecule has 0 bridgehead atoms. The van der Waals surface area contributed by atoms with Gasteiger partial charge >= 0.3 is 6.09 Å². The first kappa shape index (κ1) is 11.0. The molecule has 0 spiro atoms. The molecule has 0 saturated heterocycles. The van der Waals surface area contributed by atoms with Crippen molar-refractivity contribution in [3.8, 4) is 0 Å². The summed E-state index contributed by atoms with van der Waals surface area (Å²) in [6.07, 6.45) is 0.564. The Hall–Kier alpha value is -0.990. The zero-order valence-corrected chi connectivity index (χ0v) is 8.09. The Morgan fingerprint density at radius 2 is 2.17 bits per heavy atom. The van der Waals surface area contributed by atoms with Crippen molar-refractivity contribution in [1.82, 2.24) is 4.90 Å². The SMILES string of the molecule is C=C(C)CCN(C)C(=O)OCC. The molecule has 3 nitrogen and oxygen atoms in total. The molecule has 0 aromatic carbocycles. The Morgan fingerprint density at radius 1 is 1.58 bits per heavy atom. The molecule has 1 amide bonds. The summed E-state index contributed by atoms with van der Waals surface area (Å²) in [6, 6.07) is 0. The average Bonchev–Trinajstić information content (AvgIpc) is 2.00. The van der Waals surface area contributed by atoms with Crippen LogP contribution in [-0.2, 0) is 4.74 Å². The highest BCUT2D eigenvalue weighted by molar-refractivity contribution is 5.67. The smallest absolute Gasteiger partial charge is 0.409 e. The summed E-state index contributed by atoms with van der Waals surface area (Å²) >= 11 is 0. The maximum Gasteiger partial charge on any atom is 0.409 e. The molecule has 0 radical (unpaired) electrons. The van der Waals surface area contributed by atoms with Gasteiger partial charge in [0.1, 0.15) is 0 Å². The summed E-state index contributed by atoms with van der Waals surface area (Å²) in [4.78, 5) is 12.6. The first-order valence-electron chi connectivity index (χ1n) is 4.10. The fourth-order valence-electron chi connectivity index (χ4n) is 0.684. The van der Waals surface area contributed by atoms with E-state index in [0.29, 0.717) is 13.2 Å². The summed E-state index contributed by atoms with van der Waals surface area (Å²) in [5.41, 5.74) is 1.08. The molecular formula is C9H17NO2. The van der Waals surface area contributed by atoms with Crippen molar-refractivity contribution >= 4 is 6.09 Å². The van der Waals surface area contributed by atoms with Gasteiger partial charge in [-0.15, -0.1) is 6.58 Å². The molecule has 0 unspecified atom stereocenters. The van der Waals surface area contributed by atoms with Gasteiger partial charge in [-0.25, -0.2) is 4.79 Å². The van der Waals surface area contributed by atoms with Gasteiger partial charge in [0.2, 0.25) is 0 Å². The number of rotatable bonds is 4. The molecule has 0 aliphatic heterocycles. The van der Waals surface area contributed by atoms with Crippen LogP contribution in [0.5, 0.6) is 0 Å². The standard InChI is InChI=1S/C9H17NO2/c1-5-12-9(11)10(4)7-6-8(2)3/h2,5-7H2,1,3-4H3. The summed E-state index contributed by atoms with van der Waals surface area (Å²) in [5, 5.41) is 0. The van der Waals surface area contributed by atoms with Crippen LogP contribution in [0.15, 0.2) is 12.2 Å². The molecule has 0 rings (SSSR count). The molecule has 0 saturated carbocycles. The van der Waals surface area contributed by atoms with Gasteiger partial charge in [0.05, 0.1) is 6.61 Å². The van der Waals surface area contributed by atoms with Gasteiger partial charge in [-0.05, 0) is 20.3 Å². The lowest BCUT2D eigenvalue weighted by Crippen LogP contribution is -2.28. The monoisotopic (exact) mass is 171 g/mol. The molecule has 0 aromatic rings. The predicted octanol–water partition coefficient (Wildman–Crippen LogP) is 2.04. The van der Waals surface area contributed by atoms with Crippen molar-refractivity contribution in [3.63, 3.8) is 0 Å². The number of amides is 1. The van der Waals surface area contributed by atoms with Crippen molar-refractivity contribution in [2.45, 2.75) is 20.3 Å². The normalized spacial score (nSPS) is 9.25. The number of hydrogen-bond acceptors (Lipinski definition) is 2. The first-order valence-corrected chi connectivity index (χ1v) is 4.10. The van der Waals surface area contributed by atoms with Crippen molar-refractivity contribution in [2.75, 3.05) is 20.2 Å². The van der Waals surface area contributed by atoms with E-state index >= 15 is 0 Å². The fraction of sp³-hybridized carbons (Fsp3) is 0.667. The number of carbonyl (C=O) groups is 1. The maximum absolute atomic E-state index is 11.0. The minimum atomic E-state index is -0.265. The van der Waals surface area contributed by atoms with Crippen molar-refractivity contribution in [3.05, 3.63) is 12.2 Å². The highest BCUT2D eigenvalue weighted by atomic mass is 16.5. The number of carbonyl (C=O) groups excluding carboxylic acids is 1. The lowest BCUT2D eigenvalue weighted by molar-refractivity contribution is 0.116. The van der Waals surface area contributed by atoms with Crippen molar-refractivity contribution in [2.24, 2.45) is 0 Å². The molecule has 0 aromatic heterocycles. The van der Waals surface area contributed by atoms with Gasteiger partial charge in [0.15, 0.2) is 0 Å². The summed E-state index contributed by atoms with van der Waals surface area (Å²) < 4.78 is 4.79. The predicted molar refractivity (Wildman–Crippen MR) is 49.1 cm³/mol. The summed E-state index contributed by atoms with van der Waals surface area (Å²) in [6.45, 7) is 8.59. The van der Waals surface area contributed by atoms with Crippen LogP contribution in [0, 0.1) is 0 Å². The number of nitrogens with zero attached hydrogens (tertiary/aromatic N) is 1. The fourth-order valence-corrected chi connectivity index (χ4v) is 0.684. The largest absolute Gasteiger partial charge is 0.450 e. The Bertz CT molecular complexity index is 166. The van der Waals surface area contributed by atoms with E-state index in [1.807, 2.05) is 6.92 Å². The van der Waals surface area contributed by atoms with Crippen LogP contribution in [0.3, 0.4) is 0 Å². The van der Waals surface area contributed by atoms with Gasteiger partial charge in [-0.3, -0.25) is 0 Å². The molecule has 0 heterocycles. The maximum atomic E-state index is 11.0. The van der Waals surface area contributed by atoms with Crippen LogP contribution in [-0.4, -0.2) is 31.2 Å². The van der Waals surface area contributed by atoms with E-state index in [9.17, 15) is 4.79 Å². The highest BCUT2D eigenvalue weighted by Gasteiger charge is 2.07. The van der Waals surface area contributed by atoms with Crippen LogP contribution in [0.1, 0.15) is 20.3 Å². The minimum absolute atomic E-state index is 0.265. The second-order valence-electron chi connectivity index (χ2n) is 2.83. The summed E-state index contributed by atoms with van der Waals surface area (Å²) in [7, 11) is 1.72. The molecule has 3 heteroatoms. The third-order valence-electron chi connectivity index (χ3n) is 1.45. The topological polar surface area (TPSA) is 29.5 Å². The Labute approximate surface area is 74.0 Å². The molecule has 0 aliphatic carbocycles. The molecule has 0 N–H and O–H groups in total. The van der Waals surface area contributed by atoms with E-state index in [-0.39, 0.29) is 6.09 Å². The van der Waals surface area contributed by atoms with E-state index < -0.39 is 0 Å². The second-order valence-corrected chi connectivity index (χ2v) is 2.83. The van der Waals surface area contributed by atoms with Crippen LogP contribution < -0.4 is 0 Å². The molecule has 0 fully saturated rings. The number of ether oxygens (including phenoxy) is 1. The lowest BCUT2D eigenvalue weighted by atomic mass is 10.2. The van der Waals surface area contributed by atoms with Gasteiger partial charge in [-0.2, -0.15) is 0 Å². The molecule has 12 heavy (non-hydrogen) atoms. The lowest BCUT2D eigenvalue weighted by Gasteiger charge is -2.15. The third kappa shape index (κ3) is 4.77. The van der Waals surface area contributed by atoms with Crippen LogP contribution in [0.25, 0.3) is 0 Å².